The van der Waals surface area contributed by atoms with E-state index in [1.807, 2.05) is 49.9 Å². The minimum Gasteiger partial charge on any atom is -0.453 e. The fourth-order valence-electron chi connectivity index (χ4n) is 12.8. The van der Waals surface area contributed by atoms with Crippen LogP contribution in [-0.2, 0) is 30.9 Å². The second-order valence-electron chi connectivity index (χ2n) is 21.4. The van der Waals surface area contributed by atoms with Gasteiger partial charge < -0.3 is 39.9 Å². The van der Waals surface area contributed by atoms with Gasteiger partial charge in [0.1, 0.15) is 23.7 Å². The molecule has 2 saturated heterocycles. The number of hydrogen-bond donors (Lipinski definition) is 4. The van der Waals surface area contributed by atoms with Crippen LogP contribution >= 0.6 is 0 Å². The summed E-state index contributed by atoms with van der Waals surface area (Å²) < 4.78 is 9.69. The molecule has 5 aromatic rings. The largest absolute Gasteiger partial charge is 0.453 e. The second-order valence-corrected chi connectivity index (χ2v) is 21.4. The van der Waals surface area contributed by atoms with Crippen molar-refractivity contribution in [1.29, 1.82) is 0 Å². The molecule has 3 saturated carbocycles. The van der Waals surface area contributed by atoms with E-state index in [0.29, 0.717) is 11.8 Å². The van der Waals surface area contributed by atoms with Crippen LogP contribution in [0.4, 0.5) is 9.59 Å². The zero-order valence-corrected chi connectivity index (χ0v) is 40.5. The minimum atomic E-state index is -0.673. The van der Waals surface area contributed by atoms with Crippen LogP contribution in [0.15, 0.2) is 73.1 Å². The topological polar surface area (TPSA) is 175 Å². The van der Waals surface area contributed by atoms with Crippen molar-refractivity contribution in [2.75, 3.05) is 14.2 Å². The molecule has 69 heavy (non-hydrogen) atoms. The predicted molar refractivity (Wildman–Crippen MR) is 261 cm³/mol. The van der Waals surface area contributed by atoms with Crippen molar-refractivity contribution in [3.05, 3.63) is 95.8 Å². The van der Waals surface area contributed by atoms with Crippen LogP contribution < -0.4 is 10.6 Å². The lowest BCUT2D eigenvalue weighted by molar-refractivity contribution is -0.137. The molecule has 3 aromatic carbocycles. The summed E-state index contributed by atoms with van der Waals surface area (Å²) in [6, 6.07) is 21.0. The van der Waals surface area contributed by atoms with E-state index in [1.54, 1.807) is 0 Å². The van der Waals surface area contributed by atoms with E-state index in [-0.39, 0.29) is 53.2 Å². The molecule has 2 aromatic heterocycles. The number of hydrogen-bond acceptors (Lipinski definition) is 8. The summed E-state index contributed by atoms with van der Waals surface area (Å²) in [7, 11) is 2.63. The number of benzene rings is 3. The number of aromatic nitrogens is 4. The maximum absolute atomic E-state index is 14.0. The predicted octanol–water partition coefficient (Wildman–Crippen LogP) is 9.64. The van der Waals surface area contributed by atoms with Gasteiger partial charge in [0, 0.05) is 12.1 Å². The number of fused-ring (bicyclic) bond motifs is 4. The van der Waals surface area contributed by atoms with Gasteiger partial charge in [-0.25, -0.2) is 19.6 Å². The van der Waals surface area contributed by atoms with Crippen molar-refractivity contribution in [3.8, 4) is 44.8 Å². The monoisotopic (exact) mass is 932 g/mol. The molecule has 4 heterocycles. The quantitative estimate of drug-likeness (QED) is 0.0957. The number of H-pyrrole nitrogens is 2. The third-order valence-corrected chi connectivity index (χ3v) is 16.6. The Labute approximate surface area is 403 Å². The molecule has 4 amide bonds. The number of likely N-dealkylation sites (tertiary alicyclic amines) is 2. The summed E-state index contributed by atoms with van der Waals surface area (Å²) in [5.74, 6) is 2.10. The zero-order chi connectivity index (χ0) is 47.9. The van der Waals surface area contributed by atoms with E-state index in [4.69, 9.17) is 19.4 Å². The molecular formula is C55H64N8O6. The Morgan fingerprint density at radius 1 is 0.609 bits per heavy atom. The molecule has 0 bridgehead atoms. The van der Waals surface area contributed by atoms with Crippen molar-refractivity contribution in [1.82, 2.24) is 40.4 Å². The van der Waals surface area contributed by atoms with E-state index < -0.39 is 24.3 Å². The fourth-order valence-corrected chi connectivity index (χ4v) is 12.8. The summed E-state index contributed by atoms with van der Waals surface area (Å²) >= 11 is 0. The molecule has 14 nitrogen and oxygen atoms in total. The average molecular weight is 933 g/mol. The normalized spacial score (nSPS) is 24.5. The number of nitrogens with one attached hydrogen (secondary N) is 4. The van der Waals surface area contributed by atoms with Crippen molar-refractivity contribution >= 4 is 24.0 Å². The Hall–Kier alpha value is -6.44. The fraction of sp³-hybridized carbons (Fsp3) is 0.491. The molecule has 4 aliphatic carbocycles. The number of carbonyl (C=O) groups is 4. The van der Waals surface area contributed by atoms with Gasteiger partial charge in [-0.1, -0.05) is 101 Å². The van der Waals surface area contributed by atoms with Gasteiger partial charge >= 0.3 is 12.2 Å². The van der Waals surface area contributed by atoms with Gasteiger partial charge in [-0.05, 0) is 125 Å². The Morgan fingerprint density at radius 3 is 1.49 bits per heavy atom. The lowest BCUT2D eigenvalue weighted by Gasteiger charge is -2.31. The number of piperidine rings is 2. The first-order chi connectivity index (χ1) is 33.4. The number of imidazole rings is 2. The van der Waals surface area contributed by atoms with Crippen molar-refractivity contribution in [2.45, 2.75) is 134 Å². The van der Waals surface area contributed by atoms with Crippen molar-refractivity contribution in [3.63, 3.8) is 0 Å². The first-order valence-corrected chi connectivity index (χ1v) is 25.2. The smallest absolute Gasteiger partial charge is 0.407 e. The highest BCUT2D eigenvalue weighted by molar-refractivity contribution is 5.88. The second kappa shape index (κ2) is 17.5. The lowest BCUT2D eigenvalue weighted by atomic mass is 9.76. The Bertz CT molecular complexity index is 2790. The van der Waals surface area contributed by atoms with Gasteiger partial charge in [-0.15, -0.1) is 0 Å². The van der Waals surface area contributed by atoms with E-state index in [0.717, 1.165) is 66.3 Å². The number of rotatable bonds is 12. The molecule has 8 atom stereocenters. The highest BCUT2D eigenvalue weighted by Gasteiger charge is 2.57. The van der Waals surface area contributed by atoms with Gasteiger partial charge in [0.15, 0.2) is 0 Å². The van der Waals surface area contributed by atoms with E-state index in [9.17, 15) is 19.2 Å². The highest BCUT2D eigenvalue weighted by atomic mass is 16.5. The van der Waals surface area contributed by atoms with Gasteiger partial charge in [0.25, 0.3) is 0 Å². The molecule has 1 spiro atoms. The third-order valence-electron chi connectivity index (χ3n) is 16.6. The van der Waals surface area contributed by atoms with Crippen LogP contribution in [0.25, 0.3) is 44.8 Å². The van der Waals surface area contributed by atoms with E-state index in [2.05, 4.69) is 81.3 Å². The molecule has 2 aliphatic heterocycles. The summed E-state index contributed by atoms with van der Waals surface area (Å²) in [4.78, 5) is 73.0. The van der Waals surface area contributed by atoms with Crippen LogP contribution in [0.1, 0.15) is 120 Å². The standard InChI is InChI=1S/C55H64N8O6/c1-29(2)47(60-53(66)68-5)51(64)62-42-23-35(42)25-44(62)49-56-27-40(58-49)33-13-9-31(10-14-33)37-17-18-38(46-39(37)19-22-55(46)20-7-8-21-55)32-11-15-34(16-12-32)41-28-57-50(59-41)45-26-36-24-43(36)63(45)52(65)48(30(3)4)61-54(67)69-6/h9-18,27-30,35-36,42-45,47-48H,7-8,19-26H2,1-6H3,(H,56,58)(H,57,59)(H,60,66)(H,61,67). The number of aromatic amines is 2. The van der Waals surface area contributed by atoms with Crippen LogP contribution in [0, 0.1) is 23.7 Å². The summed E-state index contributed by atoms with van der Waals surface area (Å²) in [5.41, 5.74) is 12.1. The first kappa shape index (κ1) is 45.0. The van der Waals surface area contributed by atoms with Crippen molar-refractivity contribution in [2.24, 2.45) is 23.7 Å². The molecule has 11 rings (SSSR count). The Balaban J connectivity index is 0.823. The van der Waals surface area contributed by atoms with Crippen LogP contribution in [0.2, 0.25) is 0 Å². The van der Waals surface area contributed by atoms with Crippen LogP contribution in [0.3, 0.4) is 0 Å². The van der Waals surface area contributed by atoms with Crippen LogP contribution in [0.5, 0.6) is 0 Å². The molecule has 5 fully saturated rings. The van der Waals surface area contributed by atoms with Crippen LogP contribution in [-0.4, -0.2) is 92.1 Å². The van der Waals surface area contributed by atoms with E-state index in [1.165, 1.54) is 79.7 Å². The maximum atomic E-state index is 14.0. The molecule has 14 heteroatoms. The number of methoxy groups -OCH3 is 2. The summed E-state index contributed by atoms with van der Waals surface area (Å²) in [6.07, 6.45) is 13.4. The average Bonchev–Trinajstić information content (AvgIpc) is 3.82. The number of carbonyl (C=O) groups excluding carboxylic acids is 4. The van der Waals surface area contributed by atoms with Gasteiger partial charge in [0.2, 0.25) is 11.8 Å². The van der Waals surface area contributed by atoms with Gasteiger partial charge in [-0.3, -0.25) is 9.59 Å². The third kappa shape index (κ3) is 7.97. The SMILES string of the molecule is COC(=O)NC(C(=O)N1C(c2ncc(-c3ccc(-c4ccc(-c5ccc(-c6cnc(C7CC8CC8N7C(=O)C(NC(=O)OC)C(C)C)[nH]6)cc5)c5c4CCC54CCCC4)cc3)[nH]2)CC2CC21)C(C)C. The van der Waals surface area contributed by atoms with E-state index >= 15 is 0 Å². The minimum absolute atomic E-state index is 0.0838. The van der Waals surface area contributed by atoms with Gasteiger partial charge in [0.05, 0.1) is 50.1 Å². The Kier molecular flexibility index (Phi) is 11.4. The number of alkyl carbamates (subject to hydrolysis) is 2. The van der Waals surface area contributed by atoms with Gasteiger partial charge in [-0.2, -0.15) is 0 Å². The highest BCUT2D eigenvalue weighted by Crippen LogP contribution is 2.57. The summed E-state index contributed by atoms with van der Waals surface area (Å²) in [6.45, 7) is 7.75. The van der Waals surface area contributed by atoms with Crippen molar-refractivity contribution < 1.29 is 28.7 Å². The molecule has 6 aliphatic rings. The maximum Gasteiger partial charge on any atom is 0.407 e. The lowest BCUT2D eigenvalue weighted by Crippen LogP contribution is -2.52. The molecule has 360 valence electrons. The number of nitrogens with zero attached hydrogens (tertiary/aromatic N) is 4. The summed E-state index contributed by atoms with van der Waals surface area (Å²) in [5, 5.41) is 5.54. The molecule has 4 N–H and O–H groups in total. The zero-order valence-electron chi connectivity index (χ0n) is 40.5. The number of ether oxygens (including phenoxy) is 2. The Morgan fingerprint density at radius 2 is 1.04 bits per heavy atom. The molecular weight excluding hydrogens is 869 g/mol. The molecule has 0 radical (unpaired) electrons. The first-order valence-electron chi connectivity index (χ1n) is 25.2. The molecule has 8 unspecified atom stereocenters. The number of amides is 4.